The van der Waals surface area contributed by atoms with E-state index in [4.69, 9.17) is 4.84 Å². The molecule has 0 amide bonds. The minimum absolute atomic E-state index is 0.204. The number of fused-ring (bicyclic) bond motifs is 1. The summed E-state index contributed by atoms with van der Waals surface area (Å²) >= 11 is 0. The average Bonchev–Trinajstić information content (AvgIpc) is 2.46. The molecule has 0 saturated carbocycles. The van der Waals surface area contributed by atoms with Crippen molar-refractivity contribution < 1.29 is 9.63 Å². The van der Waals surface area contributed by atoms with Crippen LogP contribution in [0.3, 0.4) is 0 Å². The fourth-order valence-electron chi connectivity index (χ4n) is 2.54. The first-order valence-corrected chi connectivity index (χ1v) is 5.36. The van der Waals surface area contributed by atoms with Crippen molar-refractivity contribution in [2.75, 3.05) is 19.6 Å². The maximum absolute atomic E-state index is 10.8. The van der Waals surface area contributed by atoms with Gasteiger partial charge in [-0.05, 0) is 19.8 Å². The van der Waals surface area contributed by atoms with Crippen LogP contribution >= 0.6 is 0 Å². The molecule has 2 aliphatic rings. The van der Waals surface area contributed by atoms with Crippen molar-refractivity contribution in [1.29, 1.82) is 0 Å². The molecule has 0 N–H and O–H groups in total. The quantitative estimate of drug-likeness (QED) is 0.619. The Kier molecular flexibility index (Phi) is 2.74. The molecule has 4 nitrogen and oxygen atoms in total. The first-order valence-electron chi connectivity index (χ1n) is 5.36. The molecule has 4 heteroatoms. The van der Waals surface area contributed by atoms with Crippen molar-refractivity contribution in [2.45, 2.75) is 38.8 Å². The Bertz CT molecular complexity index is 232. The summed E-state index contributed by atoms with van der Waals surface area (Å²) in [7, 11) is 0. The smallest absolute Gasteiger partial charge is 0.322 e. The minimum atomic E-state index is -0.204. The van der Waals surface area contributed by atoms with E-state index in [1.807, 2.05) is 5.06 Å². The third-order valence-electron chi connectivity index (χ3n) is 3.23. The van der Waals surface area contributed by atoms with Gasteiger partial charge in [-0.25, -0.2) is 0 Å². The van der Waals surface area contributed by atoms with Crippen molar-refractivity contribution >= 4 is 5.97 Å². The van der Waals surface area contributed by atoms with E-state index in [1.165, 1.54) is 19.8 Å². The Morgan fingerprint density at radius 3 is 2.86 bits per heavy atom. The molecule has 0 aliphatic carbocycles. The fraction of sp³-hybridized carbons (Fsp3) is 0.900. The molecule has 0 aromatic carbocycles. The molecule has 2 fully saturated rings. The summed E-state index contributed by atoms with van der Waals surface area (Å²) in [4.78, 5) is 18.4. The van der Waals surface area contributed by atoms with Crippen molar-refractivity contribution in [3.05, 3.63) is 0 Å². The summed E-state index contributed by atoms with van der Waals surface area (Å²) in [6.07, 6.45) is 2.51. The second kappa shape index (κ2) is 3.87. The van der Waals surface area contributed by atoms with Gasteiger partial charge in [0.1, 0.15) is 0 Å². The van der Waals surface area contributed by atoms with Crippen molar-refractivity contribution in [3.63, 3.8) is 0 Å². The van der Waals surface area contributed by atoms with Gasteiger partial charge in [-0.3, -0.25) is 9.69 Å². The zero-order valence-electron chi connectivity index (χ0n) is 8.90. The van der Waals surface area contributed by atoms with Gasteiger partial charge < -0.3 is 4.84 Å². The number of hydroxylamine groups is 2. The van der Waals surface area contributed by atoms with Gasteiger partial charge in [0.15, 0.2) is 0 Å². The number of carbonyl (C=O) groups excluding carboxylic acids is 1. The third kappa shape index (κ3) is 1.91. The zero-order valence-corrected chi connectivity index (χ0v) is 8.90. The lowest BCUT2D eigenvalue weighted by atomic mass is 10.2. The van der Waals surface area contributed by atoms with E-state index in [-0.39, 0.29) is 5.97 Å². The highest BCUT2D eigenvalue weighted by Crippen LogP contribution is 2.26. The molecule has 2 saturated heterocycles. The second-order valence-corrected chi connectivity index (χ2v) is 4.29. The Morgan fingerprint density at radius 1 is 1.36 bits per heavy atom. The van der Waals surface area contributed by atoms with Crippen LogP contribution in [-0.4, -0.2) is 47.7 Å². The molecule has 2 aliphatic heterocycles. The van der Waals surface area contributed by atoms with Gasteiger partial charge in [0.05, 0.1) is 6.54 Å². The standard InChI is InChI=1S/C10H18N2O2/c1-8-3-4-10-7-11(14-9(2)13)5-6-12(8)10/h8,10H,3-7H2,1-2H3. The van der Waals surface area contributed by atoms with Crippen LogP contribution < -0.4 is 0 Å². The van der Waals surface area contributed by atoms with E-state index in [0.29, 0.717) is 12.1 Å². The first-order chi connectivity index (χ1) is 6.66. The molecule has 0 aromatic heterocycles. The van der Waals surface area contributed by atoms with Crippen molar-refractivity contribution in [3.8, 4) is 0 Å². The van der Waals surface area contributed by atoms with Crippen LogP contribution in [0, 0.1) is 0 Å². The van der Waals surface area contributed by atoms with Crippen LogP contribution in [0.25, 0.3) is 0 Å². The Balaban J connectivity index is 1.89. The molecular weight excluding hydrogens is 180 g/mol. The molecule has 2 unspecified atom stereocenters. The number of rotatable bonds is 1. The topological polar surface area (TPSA) is 32.8 Å². The third-order valence-corrected chi connectivity index (χ3v) is 3.23. The molecule has 2 atom stereocenters. The number of nitrogens with zero attached hydrogens (tertiary/aromatic N) is 2. The Labute approximate surface area is 84.8 Å². The van der Waals surface area contributed by atoms with Crippen LogP contribution in [0.5, 0.6) is 0 Å². The molecule has 0 bridgehead atoms. The maximum atomic E-state index is 10.8. The molecule has 0 aromatic rings. The van der Waals surface area contributed by atoms with Gasteiger partial charge in [-0.15, -0.1) is 5.06 Å². The van der Waals surface area contributed by atoms with E-state index in [1.54, 1.807) is 0 Å². The summed E-state index contributed by atoms with van der Waals surface area (Å²) < 4.78 is 0. The SMILES string of the molecule is CC(=O)ON1CCN2C(C)CCC2C1. The van der Waals surface area contributed by atoms with Gasteiger partial charge in [-0.2, -0.15) is 0 Å². The number of hydrogen-bond acceptors (Lipinski definition) is 4. The monoisotopic (exact) mass is 198 g/mol. The Hall–Kier alpha value is -0.610. The van der Waals surface area contributed by atoms with Gasteiger partial charge >= 0.3 is 5.97 Å². The van der Waals surface area contributed by atoms with Crippen LogP contribution in [0.1, 0.15) is 26.7 Å². The highest BCUT2D eigenvalue weighted by molar-refractivity contribution is 5.65. The maximum Gasteiger partial charge on any atom is 0.322 e. The van der Waals surface area contributed by atoms with E-state index in [0.717, 1.165) is 19.6 Å². The van der Waals surface area contributed by atoms with Gasteiger partial charge in [0.25, 0.3) is 0 Å². The van der Waals surface area contributed by atoms with Crippen LogP contribution in [0.15, 0.2) is 0 Å². The summed E-state index contributed by atoms with van der Waals surface area (Å²) in [5.41, 5.74) is 0. The molecule has 2 heterocycles. The lowest BCUT2D eigenvalue weighted by molar-refractivity contribution is -0.199. The number of hydrogen-bond donors (Lipinski definition) is 0. The van der Waals surface area contributed by atoms with Crippen molar-refractivity contribution in [2.24, 2.45) is 0 Å². The lowest BCUT2D eigenvalue weighted by Gasteiger charge is -2.37. The van der Waals surface area contributed by atoms with Gasteiger partial charge in [0, 0.05) is 32.1 Å². The van der Waals surface area contributed by atoms with Crippen LogP contribution in [-0.2, 0) is 9.63 Å². The van der Waals surface area contributed by atoms with E-state index < -0.39 is 0 Å². The highest BCUT2D eigenvalue weighted by atomic mass is 16.7. The van der Waals surface area contributed by atoms with Crippen LogP contribution in [0.2, 0.25) is 0 Å². The predicted molar refractivity (Wildman–Crippen MR) is 52.5 cm³/mol. The second-order valence-electron chi connectivity index (χ2n) is 4.29. The molecule has 2 rings (SSSR count). The van der Waals surface area contributed by atoms with E-state index in [9.17, 15) is 4.79 Å². The Morgan fingerprint density at radius 2 is 2.14 bits per heavy atom. The summed E-state index contributed by atoms with van der Waals surface area (Å²) in [5.74, 6) is -0.204. The number of piperazine rings is 1. The van der Waals surface area contributed by atoms with Gasteiger partial charge in [0.2, 0.25) is 0 Å². The molecule has 0 spiro atoms. The minimum Gasteiger partial charge on any atom is -0.368 e. The highest BCUT2D eigenvalue weighted by Gasteiger charge is 2.35. The van der Waals surface area contributed by atoms with Crippen molar-refractivity contribution in [1.82, 2.24) is 9.96 Å². The molecule has 0 radical (unpaired) electrons. The largest absolute Gasteiger partial charge is 0.368 e. The lowest BCUT2D eigenvalue weighted by Crippen LogP contribution is -2.52. The van der Waals surface area contributed by atoms with E-state index in [2.05, 4.69) is 11.8 Å². The first kappa shape index (κ1) is 9.93. The predicted octanol–water partition coefficient (Wildman–Crippen LogP) is 0.633. The summed E-state index contributed by atoms with van der Waals surface area (Å²) in [6.45, 7) is 6.49. The molecule has 14 heavy (non-hydrogen) atoms. The molecular formula is C10H18N2O2. The normalized spacial score (nSPS) is 34.1. The van der Waals surface area contributed by atoms with Crippen LogP contribution in [0.4, 0.5) is 0 Å². The fourth-order valence-corrected chi connectivity index (χ4v) is 2.54. The summed E-state index contributed by atoms with van der Waals surface area (Å²) in [6, 6.07) is 1.30. The summed E-state index contributed by atoms with van der Waals surface area (Å²) in [5, 5.41) is 1.81. The van der Waals surface area contributed by atoms with Gasteiger partial charge in [-0.1, -0.05) is 0 Å². The zero-order chi connectivity index (χ0) is 10.1. The molecule has 80 valence electrons. The van der Waals surface area contributed by atoms with E-state index >= 15 is 0 Å². The number of carbonyl (C=O) groups is 1. The average molecular weight is 198 g/mol.